The van der Waals surface area contributed by atoms with Gasteiger partial charge in [-0.05, 0) is 18.6 Å². The minimum atomic E-state index is 0.879. The van der Waals surface area contributed by atoms with E-state index < -0.39 is 0 Å². The molecule has 1 N–H and O–H groups in total. The van der Waals surface area contributed by atoms with Crippen LogP contribution in [-0.4, -0.2) is 15.2 Å². The maximum absolute atomic E-state index is 4.34. The highest BCUT2D eigenvalue weighted by Gasteiger charge is 1.96. The lowest BCUT2D eigenvalue weighted by Gasteiger charge is -1.92. The minimum Gasteiger partial charge on any atom is -0.261 e. The van der Waals surface area contributed by atoms with Crippen LogP contribution in [0.25, 0.3) is 11.0 Å². The van der Waals surface area contributed by atoms with Gasteiger partial charge in [-0.1, -0.05) is 20.8 Å². The highest BCUT2D eigenvalue weighted by Crippen LogP contribution is 2.08. The van der Waals surface area contributed by atoms with Crippen LogP contribution in [0.2, 0.25) is 0 Å². The Labute approximate surface area is 78.2 Å². The first-order valence-electron chi connectivity index (χ1n) is 4.69. The molecule has 70 valence electrons. The lowest BCUT2D eigenvalue weighted by atomic mass is 10.2. The normalized spacial score (nSPS) is 9.46. The second-order valence-electron chi connectivity index (χ2n) is 2.46. The summed E-state index contributed by atoms with van der Waals surface area (Å²) in [6.45, 7) is 6.09. The van der Waals surface area contributed by atoms with Gasteiger partial charge >= 0.3 is 0 Å². The van der Waals surface area contributed by atoms with Crippen LogP contribution in [0.15, 0.2) is 18.3 Å². The molecule has 0 bridgehead atoms. The van der Waals surface area contributed by atoms with Gasteiger partial charge < -0.3 is 0 Å². The molecular weight excluding hydrogens is 162 g/mol. The van der Waals surface area contributed by atoms with Crippen LogP contribution in [0.3, 0.4) is 0 Å². The van der Waals surface area contributed by atoms with Crippen LogP contribution < -0.4 is 0 Å². The van der Waals surface area contributed by atoms with Gasteiger partial charge in [-0.25, -0.2) is 4.98 Å². The standard InChI is InChI=1S/C8H9N3.C2H6/c1-2-7-4-3-6-5-9-11-8(6)10-7;1-2/h3-5H,2H2,1H3,(H,9,10,11);1-2H3. The Morgan fingerprint density at radius 3 is 2.77 bits per heavy atom. The molecule has 13 heavy (non-hydrogen) atoms. The predicted octanol–water partition coefficient (Wildman–Crippen LogP) is 2.55. The molecule has 0 saturated carbocycles. The summed E-state index contributed by atoms with van der Waals surface area (Å²) in [5, 5.41) is 7.79. The SMILES string of the molecule is CC.CCc1ccc2cn[nH]c2n1. The summed E-state index contributed by atoms with van der Waals surface area (Å²) in [7, 11) is 0. The highest BCUT2D eigenvalue weighted by atomic mass is 15.1. The van der Waals surface area contributed by atoms with E-state index in [9.17, 15) is 0 Å². The topological polar surface area (TPSA) is 41.6 Å². The summed E-state index contributed by atoms with van der Waals surface area (Å²) < 4.78 is 0. The summed E-state index contributed by atoms with van der Waals surface area (Å²) in [5.41, 5.74) is 1.98. The molecule has 2 heterocycles. The van der Waals surface area contributed by atoms with Gasteiger partial charge in [0, 0.05) is 11.1 Å². The van der Waals surface area contributed by atoms with Crippen molar-refractivity contribution in [3.8, 4) is 0 Å². The fraction of sp³-hybridized carbons (Fsp3) is 0.400. The molecular formula is C10H15N3. The summed E-state index contributed by atoms with van der Waals surface area (Å²) in [6, 6.07) is 4.06. The van der Waals surface area contributed by atoms with Gasteiger partial charge in [0.15, 0.2) is 5.65 Å². The Morgan fingerprint density at radius 1 is 1.31 bits per heavy atom. The van der Waals surface area contributed by atoms with Crippen LogP contribution in [0.4, 0.5) is 0 Å². The molecule has 0 radical (unpaired) electrons. The van der Waals surface area contributed by atoms with E-state index in [0.717, 1.165) is 23.1 Å². The summed E-state index contributed by atoms with van der Waals surface area (Å²) in [4.78, 5) is 4.34. The van der Waals surface area contributed by atoms with E-state index in [1.807, 2.05) is 26.0 Å². The average Bonchev–Trinajstić information content (AvgIpc) is 2.67. The Bertz CT molecular complexity index is 365. The number of aryl methyl sites for hydroxylation is 1. The van der Waals surface area contributed by atoms with Gasteiger partial charge in [0.1, 0.15) is 0 Å². The van der Waals surface area contributed by atoms with E-state index in [-0.39, 0.29) is 0 Å². The average molecular weight is 177 g/mol. The van der Waals surface area contributed by atoms with Crippen molar-refractivity contribution in [2.45, 2.75) is 27.2 Å². The van der Waals surface area contributed by atoms with Crippen LogP contribution in [-0.2, 0) is 6.42 Å². The number of pyridine rings is 1. The fourth-order valence-electron chi connectivity index (χ4n) is 1.06. The minimum absolute atomic E-state index is 0.879. The summed E-state index contributed by atoms with van der Waals surface area (Å²) in [5.74, 6) is 0. The van der Waals surface area contributed by atoms with Crippen molar-refractivity contribution in [2.24, 2.45) is 0 Å². The predicted molar refractivity (Wildman–Crippen MR) is 54.6 cm³/mol. The van der Waals surface area contributed by atoms with Gasteiger partial charge in [0.05, 0.1) is 6.20 Å². The summed E-state index contributed by atoms with van der Waals surface area (Å²) >= 11 is 0. The molecule has 0 aliphatic heterocycles. The quantitative estimate of drug-likeness (QED) is 0.727. The van der Waals surface area contributed by atoms with Gasteiger partial charge in [0.25, 0.3) is 0 Å². The number of rotatable bonds is 1. The Balaban J connectivity index is 0.000000396. The van der Waals surface area contributed by atoms with E-state index in [0.29, 0.717) is 0 Å². The van der Waals surface area contributed by atoms with E-state index in [1.54, 1.807) is 6.20 Å². The molecule has 3 nitrogen and oxygen atoms in total. The monoisotopic (exact) mass is 177 g/mol. The zero-order valence-electron chi connectivity index (χ0n) is 8.33. The maximum Gasteiger partial charge on any atom is 0.155 e. The van der Waals surface area contributed by atoms with E-state index in [4.69, 9.17) is 0 Å². The lowest BCUT2D eigenvalue weighted by molar-refractivity contribution is 1.03. The van der Waals surface area contributed by atoms with E-state index >= 15 is 0 Å². The molecule has 0 fully saturated rings. The number of H-pyrrole nitrogens is 1. The van der Waals surface area contributed by atoms with Crippen molar-refractivity contribution in [1.82, 2.24) is 15.2 Å². The van der Waals surface area contributed by atoms with Crippen LogP contribution in [0.1, 0.15) is 26.5 Å². The number of nitrogens with one attached hydrogen (secondary N) is 1. The van der Waals surface area contributed by atoms with Crippen molar-refractivity contribution < 1.29 is 0 Å². The molecule has 0 aromatic carbocycles. The highest BCUT2D eigenvalue weighted by molar-refractivity contribution is 5.73. The largest absolute Gasteiger partial charge is 0.261 e. The second kappa shape index (κ2) is 4.60. The van der Waals surface area contributed by atoms with E-state index in [1.165, 1.54) is 0 Å². The van der Waals surface area contributed by atoms with Crippen molar-refractivity contribution in [3.63, 3.8) is 0 Å². The first kappa shape index (κ1) is 9.71. The first-order chi connectivity index (χ1) is 6.40. The molecule has 0 amide bonds. The molecule has 0 unspecified atom stereocenters. The van der Waals surface area contributed by atoms with Gasteiger partial charge in [-0.15, -0.1) is 0 Å². The molecule has 0 atom stereocenters. The van der Waals surface area contributed by atoms with E-state index in [2.05, 4.69) is 22.1 Å². The van der Waals surface area contributed by atoms with Gasteiger partial charge in [0.2, 0.25) is 0 Å². The third-order valence-electron chi connectivity index (χ3n) is 1.72. The number of fused-ring (bicyclic) bond motifs is 1. The van der Waals surface area contributed by atoms with Crippen molar-refractivity contribution >= 4 is 11.0 Å². The molecule has 2 aromatic rings. The summed E-state index contributed by atoms with van der Waals surface area (Å²) in [6.07, 6.45) is 2.75. The Morgan fingerprint density at radius 2 is 2.08 bits per heavy atom. The molecule has 3 heteroatoms. The second-order valence-corrected chi connectivity index (χ2v) is 2.46. The van der Waals surface area contributed by atoms with Gasteiger partial charge in [-0.2, -0.15) is 5.10 Å². The molecule has 0 aliphatic rings. The third-order valence-corrected chi connectivity index (χ3v) is 1.72. The zero-order valence-corrected chi connectivity index (χ0v) is 8.33. The number of hydrogen-bond acceptors (Lipinski definition) is 2. The van der Waals surface area contributed by atoms with Gasteiger partial charge in [-0.3, -0.25) is 5.10 Å². The zero-order chi connectivity index (χ0) is 9.68. The van der Waals surface area contributed by atoms with Crippen molar-refractivity contribution in [2.75, 3.05) is 0 Å². The third kappa shape index (κ3) is 2.05. The maximum atomic E-state index is 4.34. The molecule has 2 aromatic heterocycles. The van der Waals surface area contributed by atoms with Crippen molar-refractivity contribution in [3.05, 3.63) is 24.0 Å². The first-order valence-corrected chi connectivity index (χ1v) is 4.69. The molecule has 2 rings (SSSR count). The lowest BCUT2D eigenvalue weighted by Crippen LogP contribution is -1.85. The molecule has 0 aliphatic carbocycles. The number of aromatic nitrogens is 3. The number of nitrogens with zero attached hydrogens (tertiary/aromatic N) is 2. The van der Waals surface area contributed by atoms with Crippen LogP contribution in [0.5, 0.6) is 0 Å². The smallest absolute Gasteiger partial charge is 0.155 e. The molecule has 0 saturated heterocycles. The Kier molecular flexibility index (Phi) is 3.43. The van der Waals surface area contributed by atoms with Crippen molar-refractivity contribution in [1.29, 1.82) is 0 Å². The molecule has 0 spiro atoms. The Hall–Kier alpha value is -1.38. The number of hydrogen-bond donors (Lipinski definition) is 1. The fourth-order valence-corrected chi connectivity index (χ4v) is 1.06. The van der Waals surface area contributed by atoms with Crippen LogP contribution in [0, 0.1) is 0 Å². The number of aromatic amines is 1. The van der Waals surface area contributed by atoms with Crippen LogP contribution >= 0.6 is 0 Å².